The highest BCUT2D eigenvalue weighted by atomic mass is 35.5. The maximum Gasteiger partial charge on any atom is 0.408 e. The second-order valence-electron chi connectivity index (χ2n) is 3.90. The molecule has 0 fully saturated rings. The summed E-state index contributed by atoms with van der Waals surface area (Å²) in [6, 6.07) is 8.96. The lowest BCUT2D eigenvalue weighted by Gasteiger charge is -2.02. The molecule has 0 aliphatic rings. The van der Waals surface area contributed by atoms with Gasteiger partial charge >= 0.3 is 5.82 Å². The molecule has 0 aliphatic heterocycles. The zero-order valence-electron chi connectivity index (χ0n) is 10.00. The van der Waals surface area contributed by atoms with Crippen LogP contribution in [0.1, 0.15) is 16.8 Å². The fourth-order valence-corrected chi connectivity index (χ4v) is 1.93. The fourth-order valence-electron chi connectivity index (χ4n) is 1.73. The molecule has 0 spiro atoms. The second kappa shape index (κ2) is 5.08. The molecule has 2 aromatic rings. The molecule has 0 N–H and O–H groups in total. The van der Waals surface area contributed by atoms with Crippen LogP contribution in [0.5, 0.6) is 0 Å². The Morgan fingerprint density at radius 2 is 2.21 bits per heavy atom. The summed E-state index contributed by atoms with van der Waals surface area (Å²) in [6.07, 6.45) is 0. The van der Waals surface area contributed by atoms with Gasteiger partial charge in [-0.2, -0.15) is 9.94 Å². The van der Waals surface area contributed by atoms with Crippen molar-refractivity contribution >= 4 is 17.4 Å². The predicted octanol–water partition coefficient (Wildman–Crippen LogP) is 2.67. The first-order valence-electron chi connectivity index (χ1n) is 5.40. The van der Waals surface area contributed by atoms with Crippen LogP contribution >= 0.6 is 11.6 Å². The molecule has 96 valence electrons. The Morgan fingerprint density at radius 3 is 2.74 bits per heavy atom. The van der Waals surface area contributed by atoms with Gasteiger partial charge in [0.1, 0.15) is 6.07 Å². The molecule has 0 bridgehead atoms. The summed E-state index contributed by atoms with van der Waals surface area (Å²) in [5.41, 5.74) is 1.22. The topological polar surface area (TPSA) is 84.8 Å². The highest BCUT2D eigenvalue weighted by Gasteiger charge is 2.25. The van der Waals surface area contributed by atoms with Crippen molar-refractivity contribution in [3.8, 4) is 6.07 Å². The highest BCUT2D eigenvalue weighted by molar-refractivity contribution is 6.31. The molecule has 1 aromatic carbocycles. The number of nitro groups is 1. The van der Waals surface area contributed by atoms with Gasteiger partial charge in [-0.05, 0) is 23.5 Å². The van der Waals surface area contributed by atoms with Gasteiger partial charge in [0.25, 0.3) is 0 Å². The summed E-state index contributed by atoms with van der Waals surface area (Å²) in [6.45, 7) is 1.91. The molecular formula is C12H9ClN4O2. The Balaban J connectivity index is 2.45. The molecule has 2 rings (SSSR count). The van der Waals surface area contributed by atoms with Gasteiger partial charge in [0.15, 0.2) is 5.56 Å². The summed E-state index contributed by atoms with van der Waals surface area (Å²) in [7, 11) is 0. The van der Waals surface area contributed by atoms with E-state index in [9.17, 15) is 10.1 Å². The quantitative estimate of drug-likeness (QED) is 0.637. The Labute approximate surface area is 114 Å². The number of rotatable bonds is 3. The Kier molecular flexibility index (Phi) is 3.49. The minimum Gasteiger partial charge on any atom is -0.358 e. The van der Waals surface area contributed by atoms with Crippen molar-refractivity contribution < 1.29 is 4.92 Å². The van der Waals surface area contributed by atoms with E-state index in [1.54, 1.807) is 25.1 Å². The fraction of sp³-hybridized carbons (Fsp3) is 0.167. The van der Waals surface area contributed by atoms with E-state index >= 15 is 0 Å². The lowest BCUT2D eigenvalue weighted by atomic mass is 10.2. The van der Waals surface area contributed by atoms with E-state index < -0.39 is 10.7 Å². The summed E-state index contributed by atoms with van der Waals surface area (Å²) in [4.78, 5) is 10.2. The number of nitriles is 1. The van der Waals surface area contributed by atoms with Crippen LogP contribution in [0, 0.1) is 28.4 Å². The summed E-state index contributed by atoms with van der Waals surface area (Å²) >= 11 is 6.03. The third-order valence-corrected chi connectivity index (χ3v) is 3.12. The van der Waals surface area contributed by atoms with Gasteiger partial charge in [-0.1, -0.05) is 29.8 Å². The van der Waals surface area contributed by atoms with Crippen molar-refractivity contribution in [2.45, 2.75) is 13.5 Å². The van der Waals surface area contributed by atoms with Crippen molar-refractivity contribution in [1.29, 1.82) is 5.26 Å². The first-order chi connectivity index (χ1) is 9.04. The van der Waals surface area contributed by atoms with Gasteiger partial charge in [-0.15, -0.1) is 0 Å². The van der Waals surface area contributed by atoms with E-state index in [2.05, 4.69) is 5.10 Å². The smallest absolute Gasteiger partial charge is 0.358 e. The van der Waals surface area contributed by atoms with Gasteiger partial charge in [-0.25, -0.2) is 0 Å². The molecule has 6 nitrogen and oxygen atoms in total. The summed E-state index contributed by atoms with van der Waals surface area (Å²) < 4.78 is 1.41. The minimum atomic E-state index is -0.658. The third-order valence-electron chi connectivity index (χ3n) is 2.75. The first kappa shape index (κ1) is 13.1. The van der Waals surface area contributed by atoms with E-state index in [0.29, 0.717) is 10.7 Å². The van der Waals surface area contributed by atoms with E-state index in [1.807, 2.05) is 12.1 Å². The standard InChI is InChI=1S/C12H9ClN4O2/c1-8-10(6-14)12(17(18)19)15-16(8)7-9-4-2-3-5-11(9)13/h2-5H,7H2,1H3. The minimum absolute atomic E-state index is 0.0166. The lowest BCUT2D eigenvalue weighted by Crippen LogP contribution is -2.04. The highest BCUT2D eigenvalue weighted by Crippen LogP contribution is 2.22. The molecule has 1 aromatic heterocycles. The van der Waals surface area contributed by atoms with E-state index in [0.717, 1.165) is 5.56 Å². The molecule has 7 heteroatoms. The largest absolute Gasteiger partial charge is 0.408 e. The van der Waals surface area contributed by atoms with Crippen molar-refractivity contribution in [3.05, 3.63) is 56.2 Å². The summed E-state index contributed by atoms with van der Waals surface area (Å²) in [5, 5.41) is 24.2. The van der Waals surface area contributed by atoms with Crippen LogP contribution in [0.4, 0.5) is 5.82 Å². The average molecular weight is 277 g/mol. The monoisotopic (exact) mass is 276 g/mol. The van der Waals surface area contributed by atoms with Gasteiger partial charge in [0.05, 0.1) is 17.3 Å². The Hall–Kier alpha value is -2.39. The molecule has 1 heterocycles. The van der Waals surface area contributed by atoms with Crippen molar-refractivity contribution in [2.24, 2.45) is 0 Å². The van der Waals surface area contributed by atoms with Gasteiger partial charge < -0.3 is 10.1 Å². The maximum absolute atomic E-state index is 10.8. The molecule has 0 saturated heterocycles. The first-order valence-corrected chi connectivity index (χ1v) is 5.77. The third kappa shape index (κ3) is 2.41. The molecule has 0 amide bonds. The van der Waals surface area contributed by atoms with Gasteiger partial charge in [-0.3, -0.25) is 0 Å². The van der Waals surface area contributed by atoms with Crippen LogP contribution < -0.4 is 0 Å². The molecule has 0 saturated carbocycles. The molecule has 0 aliphatic carbocycles. The Morgan fingerprint density at radius 1 is 1.53 bits per heavy atom. The molecule has 0 atom stereocenters. The zero-order valence-corrected chi connectivity index (χ0v) is 10.8. The number of benzene rings is 1. The molecule has 0 radical (unpaired) electrons. The van der Waals surface area contributed by atoms with Gasteiger partial charge in [0, 0.05) is 5.02 Å². The number of halogens is 1. The van der Waals surface area contributed by atoms with Crippen LogP contribution in [0.25, 0.3) is 0 Å². The van der Waals surface area contributed by atoms with Crippen LogP contribution in [0.2, 0.25) is 5.02 Å². The van der Waals surface area contributed by atoms with Crippen molar-refractivity contribution in [3.63, 3.8) is 0 Å². The number of nitrogens with zero attached hydrogens (tertiary/aromatic N) is 4. The molecule has 19 heavy (non-hydrogen) atoms. The molecular weight excluding hydrogens is 268 g/mol. The SMILES string of the molecule is Cc1c(C#N)c([N+](=O)[O-])nn1Cc1ccccc1Cl. The van der Waals surface area contributed by atoms with Crippen LogP contribution in [-0.4, -0.2) is 14.7 Å². The second-order valence-corrected chi connectivity index (χ2v) is 4.31. The average Bonchev–Trinajstić information content (AvgIpc) is 2.69. The van der Waals surface area contributed by atoms with Crippen LogP contribution in [0.15, 0.2) is 24.3 Å². The molecule has 0 unspecified atom stereocenters. The Bertz CT molecular complexity index is 688. The number of hydrogen-bond donors (Lipinski definition) is 0. The van der Waals surface area contributed by atoms with Crippen molar-refractivity contribution in [2.75, 3.05) is 0 Å². The van der Waals surface area contributed by atoms with Crippen molar-refractivity contribution in [1.82, 2.24) is 9.78 Å². The van der Waals surface area contributed by atoms with E-state index in [-0.39, 0.29) is 12.1 Å². The van der Waals surface area contributed by atoms with E-state index in [1.165, 1.54) is 4.68 Å². The zero-order chi connectivity index (χ0) is 14.0. The van der Waals surface area contributed by atoms with Crippen LogP contribution in [0.3, 0.4) is 0 Å². The maximum atomic E-state index is 10.8. The number of hydrogen-bond acceptors (Lipinski definition) is 4. The predicted molar refractivity (Wildman–Crippen MR) is 68.9 cm³/mol. The van der Waals surface area contributed by atoms with Crippen LogP contribution in [-0.2, 0) is 6.54 Å². The normalized spacial score (nSPS) is 10.2. The van der Waals surface area contributed by atoms with E-state index in [4.69, 9.17) is 16.9 Å². The number of aromatic nitrogens is 2. The van der Waals surface area contributed by atoms with Gasteiger partial charge in [0.2, 0.25) is 0 Å². The summed E-state index contributed by atoms with van der Waals surface area (Å²) in [5.74, 6) is -0.424. The lowest BCUT2D eigenvalue weighted by molar-refractivity contribution is -0.390.